The van der Waals surface area contributed by atoms with E-state index >= 15 is 0 Å². The van der Waals surface area contributed by atoms with Crippen LogP contribution in [0.2, 0.25) is 0 Å². The first kappa shape index (κ1) is 28.4. The molecule has 0 radical (unpaired) electrons. The van der Waals surface area contributed by atoms with Crippen LogP contribution in [0.15, 0.2) is 48.5 Å². The molecule has 0 aliphatic carbocycles. The SMILES string of the molecule is CC(C)C[C@@H](COCc1ccc(N([O-])[O-])cc1)N1CCN(C(=O)c2ccc(C(F)(F)F)cc2)CCC1=O. The Hall–Kier alpha value is -3.15. The summed E-state index contributed by atoms with van der Waals surface area (Å²) in [6, 6.07) is 9.90. The number of alkyl halides is 3. The fourth-order valence-corrected chi connectivity index (χ4v) is 4.27. The van der Waals surface area contributed by atoms with Crippen LogP contribution in [-0.2, 0) is 22.3 Å². The van der Waals surface area contributed by atoms with Gasteiger partial charge in [-0.15, -0.1) is 0 Å². The third kappa shape index (κ3) is 7.91. The molecule has 2 aromatic rings. The molecule has 1 atom stereocenters. The van der Waals surface area contributed by atoms with Gasteiger partial charge in [-0.25, -0.2) is 0 Å². The molecule has 0 aromatic heterocycles. The van der Waals surface area contributed by atoms with Gasteiger partial charge in [0.15, 0.2) is 0 Å². The molecular weight excluding hydrogens is 491 g/mol. The van der Waals surface area contributed by atoms with Crippen molar-refractivity contribution < 1.29 is 27.5 Å². The van der Waals surface area contributed by atoms with E-state index in [1.54, 1.807) is 17.0 Å². The monoisotopic (exact) mass is 521 g/mol. The average Bonchev–Trinajstić information content (AvgIpc) is 3.04. The van der Waals surface area contributed by atoms with E-state index in [2.05, 4.69) is 0 Å². The van der Waals surface area contributed by atoms with E-state index in [9.17, 15) is 33.2 Å². The quantitative estimate of drug-likeness (QED) is 0.439. The molecule has 37 heavy (non-hydrogen) atoms. The first-order chi connectivity index (χ1) is 17.5. The predicted octanol–water partition coefficient (Wildman–Crippen LogP) is 4.81. The van der Waals surface area contributed by atoms with E-state index < -0.39 is 22.9 Å². The molecule has 1 saturated heterocycles. The first-order valence-electron chi connectivity index (χ1n) is 12.0. The van der Waals surface area contributed by atoms with Crippen molar-refractivity contribution in [3.63, 3.8) is 0 Å². The Morgan fingerprint density at radius 1 is 1.03 bits per heavy atom. The summed E-state index contributed by atoms with van der Waals surface area (Å²) in [5.41, 5.74) is 0.0713. The Balaban J connectivity index is 1.62. The fourth-order valence-electron chi connectivity index (χ4n) is 4.27. The third-order valence-corrected chi connectivity index (χ3v) is 6.18. The topological polar surface area (TPSA) is 99.2 Å². The van der Waals surface area contributed by atoms with Crippen LogP contribution in [0.3, 0.4) is 0 Å². The molecule has 11 heteroatoms. The van der Waals surface area contributed by atoms with Crippen LogP contribution < -0.4 is 5.23 Å². The number of anilines is 1. The molecule has 0 saturated carbocycles. The van der Waals surface area contributed by atoms with Crippen LogP contribution in [-0.4, -0.2) is 53.9 Å². The van der Waals surface area contributed by atoms with Crippen LogP contribution in [0.4, 0.5) is 18.9 Å². The van der Waals surface area contributed by atoms with E-state index in [0.29, 0.717) is 6.42 Å². The van der Waals surface area contributed by atoms with E-state index in [1.807, 2.05) is 13.8 Å². The van der Waals surface area contributed by atoms with Gasteiger partial charge in [0.1, 0.15) is 0 Å². The molecule has 1 fully saturated rings. The molecule has 0 spiro atoms. The van der Waals surface area contributed by atoms with Crippen LogP contribution >= 0.6 is 0 Å². The molecule has 2 amide bonds. The van der Waals surface area contributed by atoms with Crippen molar-refractivity contribution in [2.24, 2.45) is 5.92 Å². The highest BCUT2D eigenvalue weighted by Gasteiger charge is 2.32. The van der Waals surface area contributed by atoms with Gasteiger partial charge in [0.05, 0.1) is 24.8 Å². The number of nitrogens with zero attached hydrogens (tertiary/aromatic N) is 3. The second kappa shape index (κ2) is 12.4. The maximum Gasteiger partial charge on any atom is 0.416 e. The average molecular weight is 522 g/mol. The minimum Gasteiger partial charge on any atom is -0.769 e. The molecular formula is C26H30F3N3O5-2. The Bertz CT molecular complexity index is 1040. The van der Waals surface area contributed by atoms with Crippen molar-refractivity contribution in [1.82, 2.24) is 9.80 Å². The Morgan fingerprint density at radius 3 is 2.24 bits per heavy atom. The number of amides is 2. The van der Waals surface area contributed by atoms with Crippen molar-refractivity contribution in [2.75, 3.05) is 31.5 Å². The van der Waals surface area contributed by atoms with Crippen LogP contribution in [0, 0.1) is 16.3 Å². The fraction of sp³-hybridized carbons (Fsp3) is 0.462. The zero-order chi connectivity index (χ0) is 27.2. The van der Waals surface area contributed by atoms with E-state index in [-0.39, 0.29) is 68.4 Å². The number of benzene rings is 2. The summed E-state index contributed by atoms with van der Waals surface area (Å²) in [5.74, 6) is -0.264. The highest BCUT2D eigenvalue weighted by atomic mass is 19.4. The van der Waals surface area contributed by atoms with Crippen molar-refractivity contribution in [2.45, 2.75) is 45.5 Å². The van der Waals surface area contributed by atoms with Crippen molar-refractivity contribution >= 4 is 17.5 Å². The van der Waals surface area contributed by atoms with Gasteiger partial charge in [-0.3, -0.25) is 9.59 Å². The zero-order valence-corrected chi connectivity index (χ0v) is 20.7. The van der Waals surface area contributed by atoms with Gasteiger partial charge in [-0.1, -0.05) is 26.0 Å². The van der Waals surface area contributed by atoms with Gasteiger partial charge in [0.2, 0.25) is 5.91 Å². The molecule has 0 unspecified atom stereocenters. The third-order valence-electron chi connectivity index (χ3n) is 6.18. The second-order valence-corrected chi connectivity index (χ2v) is 9.43. The van der Waals surface area contributed by atoms with Crippen LogP contribution in [0.25, 0.3) is 0 Å². The van der Waals surface area contributed by atoms with Gasteiger partial charge in [0, 0.05) is 37.3 Å². The van der Waals surface area contributed by atoms with Gasteiger partial charge in [-0.05, 0) is 54.3 Å². The lowest BCUT2D eigenvalue weighted by Crippen LogP contribution is -2.45. The van der Waals surface area contributed by atoms with Gasteiger partial charge < -0.3 is 30.2 Å². The Labute approximate surface area is 213 Å². The first-order valence-corrected chi connectivity index (χ1v) is 12.0. The summed E-state index contributed by atoms with van der Waals surface area (Å²) in [6.45, 7) is 5.26. The standard InChI is InChI=1S/C26H30F3N3O5/c1-18(2)15-23(17-37-16-19-3-9-22(10-4-19)32(35)36)31-14-13-30(12-11-24(31)33)25(34)20-5-7-21(8-6-20)26(27,28)29/h3-10,18,23H,11-17H2,1-2H3/q-2/t23-/m0/s1. The number of carbonyl (C=O) groups is 2. The van der Waals surface area contributed by atoms with E-state index in [0.717, 1.165) is 29.8 Å². The molecule has 8 nitrogen and oxygen atoms in total. The smallest absolute Gasteiger partial charge is 0.416 e. The molecule has 2 aromatic carbocycles. The molecule has 1 aliphatic heterocycles. The number of ether oxygens (including phenoxy) is 1. The number of hydrogen-bond acceptors (Lipinski definition) is 6. The summed E-state index contributed by atoms with van der Waals surface area (Å²) >= 11 is 0. The van der Waals surface area contributed by atoms with Crippen LogP contribution in [0.1, 0.15) is 48.2 Å². The largest absolute Gasteiger partial charge is 0.769 e. The highest BCUT2D eigenvalue weighted by molar-refractivity contribution is 5.94. The van der Waals surface area contributed by atoms with Gasteiger partial charge in [-0.2, -0.15) is 13.2 Å². The maximum absolute atomic E-state index is 13.0. The lowest BCUT2D eigenvalue weighted by molar-refractivity contribution is -0.137. The summed E-state index contributed by atoms with van der Waals surface area (Å²) in [4.78, 5) is 29.1. The predicted molar refractivity (Wildman–Crippen MR) is 132 cm³/mol. The summed E-state index contributed by atoms with van der Waals surface area (Å²) in [6.07, 6.45) is -3.70. The van der Waals surface area contributed by atoms with Crippen molar-refractivity contribution in [1.29, 1.82) is 0 Å². The number of hydrogen-bond donors (Lipinski definition) is 0. The molecule has 3 rings (SSSR count). The van der Waals surface area contributed by atoms with Gasteiger partial charge >= 0.3 is 6.18 Å². The number of halogens is 3. The normalized spacial score (nSPS) is 15.6. The van der Waals surface area contributed by atoms with E-state index in [1.165, 1.54) is 17.0 Å². The molecule has 202 valence electrons. The van der Waals surface area contributed by atoms with Gasteiger partial charge in [0.25, 0.3) is 5.91 Å². The highest BCUT2D eigenvalue weighted by Crippen LogP contribution is 2.29. The van der Waals surface area contributed by atoms with Crippen LogP contribution in [0.5, 0.6) is 0 Å². The Morgan fingerprint density at radius 2 is 1.68 bits per heavy atom. The van der Waals surface area contributed by atoms with Crippen molar-refractivity contribution in [3.05, 3.63) is 75.6 Å². The summed E-state index contributed by atoms with van der Waals surface area (Å²) < 4.78 is 44.4. The molecule has 1 aliphatic rings. The molecule has 0 bridgehead atoms. The lowest BCUT2D eigenvalue weighted by Gasteiger charge is -2.37. The van der Waals surface area contributed by atoms with Crippen molar-refractivity contribution in [3.8, 4) is 0 Å². The summed E-state index contributed by atoms with van der Waals surface area (Å²) in [7, 11) is 0. The Kier molecular flexibility index (Phi) is 9.52. The maximum atomic E-state index is 13.0. The zero-order valence-electron chi connectivity index (χ0n) is 20.7. The molecule has 1 heterocycles. The molecule has 0 N–H and O–H groups in total. The second-order valence-electron chi connectivity index (χ2n) is 9.43. The number of carbonyl (C=O) groups excluding carboxylic acids is 2. The minimum absolute atomic E-state index is 0.00741. The minimum atomic E-state index is -4.48. The summed E-state index contributed by atoms with van der Waals surface area (Å²) in [5, 5.41) is 21.2. The lowest BCUT2D eigenvalue weighted by atomic mass is 10.0. The number of rotatable bonds is 9. The van der Waals surface area contributed by atoms with E-state index in [4.69, 9.17) is 4.74 Å².